The van der Waals surface area contributed by atoms with Crippen molar-refractivity contribution in [2.75, 3.05) is 19.8 Å². The van der Waals surface area contributed by atoms with Gasteiger partial charge in [0.25, 0.3) is 11.8 Å². The average molecular weight is 495 g/mol. The van der Waals surface area contributed by atoms with E-state index in [0.29, 0.717) is 11.5 Å². The molecule has 6 nitrogen and oxygen atoms in total. The van der Waals surface area contributed by atoms with E-state index in [1.807, 2.05) is 116 Å². The van der Waals surface area contributed by atoms with Crippen LogP contribution in [0, 0.1) is 0 Å². The minimum absolute atomic E-state index is 0.104. The number of carbonyl (C=O) groups excluding carboxylic acids is 2. The molecule has 0 fully saturated rings. The zero-order valence-corrected chi connectivity index (χ0v) is 20.7. The fourth-order valence-electron chi connectivity index (χ4n) is 3.73. The molecule has 1 atom stereocenters. The van der Waals surface area contributed by atoms with Crippen molar-refractivity contribution in [3.8, 4) is 33.8 Å². The highest BCUT2D eigenvalue weighted by atomic mass is 16.5. The second kappa shape index (κ2) is 12.9. The fraction of sp³-hybridized carbons (Fsp3) is 0.161. The molecule has 1 unspecified atom stereocenters. The lowest BCUT2D eigenvalue weighted by Gasteiger charge is -2.15. The van der Waals surface area contributed by atoms with Gasteiger partial charge in [0.15, 0.2) is 13.2 Å². The quantitative estimate of drug-likeness (QED) is 0.304. The van der Waals surface area contributed by atoms with Gasteiger partial charge >= 0.3 is 0 Å². The highest BCUT2D eigenvalue weighted by Gasteiger charge is 2.11. The molecule has 0 saturated carbocycles. The average Bonchev–Trinajstić information content (AvgIpc) is 2.95. The Hall–Kier alpha value is -4.58. The lowest BCUT2D eigenvalue weighted by molar-refractivity contribution is -0.125. The van der Waals surface area contributed by atoms with Gasteiger partial charge in [0.2, 0.25) is 0 Å². The zero-order valence-electron chi connectivity index (χ0n) is 20.7. The van der Waals surface area contributed by atoms with Crippen molar-refractivity contribution in [1.29, 1.82) is 0 Å². The van der Waals surface area contributed by atoms with Crippen LogP contribution >= 0.6 is 0 Å². The first-order valence-electron chi connectivity index (χ1n) is 12.2. The second-order valence-electron chi connectivity index (χ2n) is 8.63. The van der Waals surface area contributed by atoms with E-state index in [2.05, 4.69) is 10.6 Å². The first-order valence-corrected chi connectivity index (χ1v) is 12.2. The number of amides is 2. The van der Waals surface area contributed by atoms with Gasteiger partial charge in [0.1, 0.15) is 11.5 Å². The maximum absolute atomic E-state index is 12.2. The highest BCUT2D eigenvalue weighted by Crippen LogP contribution is 2.23. The van der Waals surface area contributed by atoms with Crippen molar-refractivity contribution in [1.82, 2.24) is 10.6 Å². The van der Waals surface area contributed by atoms with E-state index in [1.54, 1.807) is 0 Å². The van der Waals surface area contributed by atoms with Gasteiger partial charge < -0.3 is 20.1 Å². The normalized spacial score (nSPS) is 11.3. The molecule has 0 spiro atoms. The molecular weight excluding hydrogens is 464 g/mol. The summed E-state index contributed by atoms with van der Waals surface area (Å²) in [7, 11) is 0. The Morgan fingerprint density at radius 1 is 0.595 bits per heavy atom. The number of ether oxygens (including phenoxy) is 2. The van der Waals surface area contributed by atoms with Crippen LogP contribution in [0.4, 0.5) is 0 Å². The maximum Gasteiger partial charge on any atom is 0.258 e. The van der Waals surface area contributed by atoms with Gasteiger partial charge in [0, 0.05) is 12.6 Å². The van der Waals surface area contributed by atoms with E-state index < -0.39 is 0 Å². The van der Waals surface area contributed by atoms with E-state index in [4.69, 9.17) is 9.47 Å². The Kier molecular flexibility index (Phi) is 8.92. The van der Waals surface area contributed by atoms with Crippen molar-refractivity contribution < 1.29 is 19.1 Å². The molecule has 2 amide bonds. The monoisotopic (exact) mass is 494 g/mol. The molecule has 37 heavy (non-hydrogen) atoms. The van der Waals surface area contributed by atoms with Crippen LogP contribution in [0.1, 0.15) is 6.92 Å². The Balaban J connectivity index is 1.13. The summed E-state index contributed by atoms with van der Waals surface area (Å²) in [5.41, 5.74) is 4.40. The van der Waals surface area contributed by atoms with E-state index >= 15 is 0 Å². The Labute approximate surface area is 217 Å². The van der Waals surface area contributed by atoms with Gasteiger partial charge in [-0.1, -0.05) is 84.9 Å². The molecular formula is C31H30N2O4. The number of carbonyl (C=O) groups is 2. The lowest BCUT2D eigenvalue weighted by Crippen LogP contribution is -2.44. The molecule has 0 aliphatic carbocycles. The zero-order chi connectivity index (χ0) is 25.9. The molecule has 0 aliphatic rings. The van der Waals surface area contributed by atoms with Crippen molar-refractivity contribution >= 4 is 11.8 Å². The largest absolute Gasteiger partial charge is 0.484 e. The molecule has 0 aromatic heterocycles. The minimum atomic E-state index is -0.261. The van der Waals surface area contributed by atoms with Crippen LogP contribution in [0.2, 0.25) is 0 Å². The molecule has 6 heteroatoms. The lowest BCUT2D eigenvalue weighted by atomic mass is 10.1. The number of nitrogens with one attached hydrogen (secondary N) is 2. The molecule has 0 bridgehead atoms. The number of hydrogen-bond acceptors (Lipinski definition) is 4. The van der Waals surface area contributed by atoms with Gasteiger partial charge in [0.05, 0.1) is 0 Å². The summed E-state index contributed by atoms with van der Waals surface area (Å²) in [6.45, 7) is 1.89. The summed E-state index contributed by atoms with van der Waals surface area (Å²) >= 11 is 0. The molecule has 4 aromatic rings. The van der Waals surface area contributed by atoms with Crippen LogP contribution in [0.15, 0.2) is 109 Å². The summed E-state index contributed by atoms with van der Waals surface area (Å²) in [5, 5.41) is 5.59. The van der Waals surface area contributed by atoms with Gasteiger partial charge in [-0.3, -0.25) is 9.59 Å². The fourth-order valence-corrected chi connectivity index (χ4v) is 3.73. The van der Waals surface area contributed by atoms with Crippen molar-refractivity contribution in [3.63, 3.8) is 0 Å². The molecule has 2 N–H and O–H groups in total. The third kappa shape index (κ3) is 7.97. The predicted molar refractivity (Wildman–Crippen MR) is 145 cm³/mol. The van der Waals surface area contributed by atoms with E-state index in [9.17, 15) is 9.59 Å². The van der Waals surface area contributed by atoms with Crippen LogP contribution in [-0.4, -0.2) is 37.6 Å². The topological polar surface area (TPSA) is 76.7 Å². The van der Waals surface area contributed by atoms with E-state index in [-0.39, 0.29) is 37.6 Å². The summed E-state index contributed by atoms with van der Waals surface area (Å²) in [4.78, 5) is 24.4. The Morgan fingerprint density at radius 3 is 1.46 bits per heavy atom. The standard InChI is InChI=1S/C31H30N2O4/c1-23(33-31(35)22-37-29-18-14-27(15-19-29)25-10-6-3-7-11-25)20-32-30(34)21-36-28-16-12-26(13-17-28)24-8-4-2-5-9-24/h2-19,23H,20-22H2,1H3,(H,32,34)(H,33,35). The predicted octanol–water partition coefficient (Wildman–Crippen LogP) is 5.10. The van der Waals surface area contributed by atoms with Gasteiger partial charge in [-0.2, -0.15) is 0 Å². The summed E-state index contributed by atoms with van der Waals surface area (Å²) in [5.74, 6) is 0.710. The highest BCUT2D eigenvalue weighted by molar-refractivity contribution is 5.79. The number of benzene rings is 4. The molecule has 0 saturated heterocycles. The van der Waals surface area contributed by atoms with Crippen LogP contribution in [0.25, 0.3) is 22.3 Å². The first-order chi connectivity index (χ1) is 18.1. The summed E-state index contributed by atoms with van der Waals surface area (Å²) in [6, 6.07) is 35.0. The minimum Gasteiger partial charge on any atom is -0.484 e. The van der Waals surface area contributed by atoms with Crippen molar-refractivity contribution in [2.24, 2.45) is 0 Å². The van der Waals surface area contributed by atoms with Crippen LogP contribution in [0.5, 0.6) is 11.5 Å². The van der Waals surface area contributed by atoms with E-state index in [1.165, 1.54) is 0 Å². The van der Waals surface area contributed by atoms with Crippen LogP contribution in [-0.2, 0) is 9.59 Å². The molecule has 188 valence electrons. The van der Waals surface area contributed by atoms with Crippen LogP contribution < -0.4 is 20.1 Å². The van der Waals surface area contributed by atoms with Gasteiger partial charge in [-0.25, -0.2) is 0 Å². The summed E-state index contributed by atoms with van der Waals surface area (Å²) < 4.78 is 11.2. The molecule has 0 radical (unpaired) electrons. The third-order valence-corrected chi connectivity index (χ3v) is 5.68. The SMILES string of the molecule is CC(CNC(=O)COc1ccc(-c2ccccc2)cc1)NC(=O)COc1ccc(-c2ccccc2)cc1. The van der Waals surface area contributed by atoms with E-state index in [0.717, 1.165) is 22.3 Å². The van der Waals surface area contributed by atoms with Gasteiger partial charge in [-0.05, 0) is 53.4 Å². The molecule has 0 heterocycles. The number of rotatable bonds is 11. The second-order valence-corrected chi connectivity index (χ2v) is 8.63. The van der Waals surface area contributed by atoms with Crippen molar-refractivity contribution in [2.45, 2.75) is 13.0 Å². The van der Waals surface area contributed by atoms with Crippen LogP contribution in [0.3, 0.4) is 0 Å². The summed E-state index contributed by atoms with van der Waals surface area (Å²) in [6.07, 6.45) is 0. The number of hydrogen-bond donors (Lipinski definition) is 2. The molecule has 0 aliphatic heterocycles. The first kappa shape index (κ1) is 25.5. The molecule has 4 aromatic carbocycles. The van der Waals surface area contributed by atoms with Gasteiger partial charge in [-0.15, -0.1) is 0 Å². The Bertz CT molecular complexity index is 1270. The smallest absolute Gasteiger partial charge is 0.258 e. The van der Waals surface area contributed by atoms with Crippen molar-refractivity contribution in [3.05, 3.63) is 109 Å². The third-order valence-electron chi connectivity index (χ3n) is 5.68. The maximum atomic E-state index is 12.2. The Morgan fingerprint density at radius 2 is 1.00 bits per heavy atom. The molecule has 4 rings (SSSR count).